The van der Waals surface area contributed by atoms with Crippen LogP contribution in [0.2, 0.25) is 0 Å². The predicted octanol–water partition coefficient (Wildman–Crippen LogP) is 4.35. The fourth-order valence-corrected chi connectivity index (χ4v) is 2.46. The maximum absolute atomic E-state index is 12.0. The second-order valence-electron chi connectivity index (χ2n) is 6.34. The number of Topliss-reactive ketones (excluding diaryl/α,β-unsaturated/α-hetero) is 1. The van der Waals surface area contributed by atoms with Crippen molar-refractivity contribution < 1.29 is 14.3 Å². The molecule has 0 radical (unpaired) electrons. The number of carbonyl (C=O) groups excluding carboxylic acids is 2. The molecule has 1 aromatic heterocycles. The highest BCUT2D eigenvalue weighted by molar-refractivity contribution is 5.94. The van der Waals surface area contributed by atoms with E-state index in [4.69, 9.17) is 4.74 Å². The van der Waals surface area contributed by atoms with Crippen LogP contribution in [-0.2, 0) is 4.79 Å². The summed E-state index contributed by atoms with van der Waals surface area (Å²) in [5, 5.41) is 5.88. The molecular formula is C22H21N3O3. The van der Waals surface area contributed by atoms with Gasteiger partial charge in [-0.05, 0) is 62.4 Å². The Morgan fingerprint density at radius 3 is 2.21 bits per heavy atom. The monoisotopic (exact) mass is 375 g/mol. The van der Waals surface area contributed by atoms with E-state index in [9.17, 15) is 9.59 Å². The number of amides is 1. The van der Waals surface area contributed by atoms with Gasteiger partial charge in [-0.15, -0.1) is 0 Å². The minimum absolute atomic E-state index is 0.0275. The van der Waals surface area contributed by atoms with Crippen LogP contribution in [0, 0.1) is 6.92 Å². The van der Waals surface area contributed by atoms with Gasteiger partial charge in [0.15, 0.2) is 12.4 Å². The Hall–Kier alpha value is -3.67. The Balaban J connectivity index is 1.51. The number of benzene rings is 2. The normalized spacial score (nSPS) is 10.2. The molecule has 1 amide bonds. The van der Waals surface area contributed by atoms with E-state index in [1.807, 2.05) is 49.4 Å². The molecule has 0 fully saturated rings. The Kier molecular flexibility index (Phi) is 6.01. The van der Waals surface area contributed by atoms with Gasteiger partial charge in [0.25, 0.3) is 5.91 Å². The van der Waals surface area contributed by atoms with Crippen LogP contribution in [0.3, 0.4) is 0 Å². The summed E-state index contributed by atoms with van der Waals surface area (Å²) in [6.07, 6.45) is 1.62. The van der Waals surface area contributed by atoms with Crippen LogP contribution >= 0.6 is 0 Å². The lowest BCUT2D eigenvalue weighted by Crippen LogP contribution is -2.20. The molecule has 0 bridgehead atoms. The Morgan fingerprint density at radius 2 is 1.61 bits per heavy atom. The lowest BCUT2D eigenvalue weighted by atomic mass is 10.1. The fraction of sp³-hybridized carbons (Fsp3) is 0.136. The zero-order chi connectivity index (χ0) is 19.9. The molecule has 3 rings (SSSR count). The molecule has 3 aromatic rings. The molecule has 28 heavy (non-hydrogen) atoms. The standard InChI is InChI=1S/C22H21N3O3/c1-15-3-10-20(11-4-15)28-14-22(27)25-21-12-9-19(13-23-21)24-18-7-5-17(6-8-18)16(2)26/h3-13,24H,14H2,1-2H3,(H,23,25,27). The van der Waals surface area contributed by atoms with E-state index in [2.05, 4.69) is 15.6 Å². The number of hydrogen-bond donors (Lipinski definition) is 2. The zero-order valence-corrected chi connectivity index (χ0v) is 15.7. The number of hydrogen-bond acceptors (Lipinski definition) is 5. The van der Waals surface area contributed by atoms with E-state index in [0.717, 1.165) is 16.9 Å². The molecule has 0 aliphatic carbocycles. The highest BCUT2D eigenvalue weighted by Gasteiger charge is 2.05. The lowest BCUT2D eigenvalue weighted by molar-refractivity contribution is -0.118. The molecule has 0 aliphatic heterocycles. The number of nitrogens with one attached hydrogen (secondary N) is 2. The molecule has 0 saturated heterocycles. The third-order valence-electron chi connectivity index (χ3n) is 4.00. The van der Waals surface area contributed by atoms with Crippen molar-refractivity contribution in [3.63, 3.8) is 0 Å². The van der Waals surface area contributed by atoms with Crippen LogP contribution in [0.15, 0.2) is 66.9 Å². The van der Waals surface area contributed by atoms with Crippen LogP contribution < -0.4 is 15.4 Å². The topological polar surface area (TPSA) is 80.3 Å². The van der Waals surface area contributed by atoms with Gasteiger partial charge in [-0.25, -0.2) is 4.98 Å². The highest BCUT2D eigenvalue weighted by Crippen LogP contribution is 2.18. The summed E-state index contributed by atoms with van der Waals surface area (Å²) >= 11 is 0. The van der Waals surface area contributed by atoms with E-state index in [1.165, 1.54) is 6.92 Å². The van der Waals surface area contributed by atoms with Gasteiger partial charge in [0.05, 0.1) is 11.9 Å². The summed E-state index contributed by atoms with van der Waals surface area (Å²) in [6, 6.07) is 18.2. The highest BCUT2D eigenvalue weighted by atomic mass is 16.5. The van der Waals surface area contributed by atoms with Crippen LogP contribution in [0.4, 0.5) is 17.2 Å². The van der Waals surface area contributed by atoms with Crippen molar-refractivity contribution in [2.24, 2.45) is 0 Å². The number of anilines is 3. The molecule has 0 spiro atoms. The molecule has 6 heteroatoms. The molecule has 142 valence electrons. The summed E-state index contributed by atoms with van der Waals surface area (Å²) < 4.78 is 5.45. The molecule has 0 aliphatic rings. The van der Waals surface area contributed by atoms with E-state index in [-0.39, 0.29) is 18.3 Å². The molecule has 2 aromatic carbocycles. The van der Waals surface area contributed by atoms with Gasteiger partial charge in [0.2, 0.25) is 0 Å². The first-order chi connectivity index (χ1) is 13.5. The number of pyridine rings is 1. The number of aromatic nitrogens is 1. The van der Waals surface area contributed by atoms with Gasteiger partial charge in [0.1, 0.15) is 11.6 Å². The summed E-state index contributed by atoms with van der Waals surface area (Å²) in [6.45, 7) is 3.43. The van der Waals surface area contributed by atoms with E-state index < -0.39 is 0 Å². The average Bonchev–Trinajstić information content (AvgIpc) is 2.69. The summed E-state index contributed by atoms with van der Waals surface area (Å²) in [5.41, 5.74) is 3.40. The van der Waals surface area contributed by atoms with Crippen molar-refractivity contribution in [3.8, 4) is 5.75 Å². The second kappa shape index (κ2) is 8.81. The largest absolute Gasteiger partial charge is 0.484 e. The molecule has 1 heterocycles. The van der Waals surface area contributed by atoms with Crippen molar-refractivity contribution >= 4 is 28.9 Å². The number of aryl methyl sites for hydroxylation is 1. The Bertz CT molecular complexity index is 950. The van der Waals surface area contributed by atoms with Gasteiger partial charge in [-0.3, -0.25) is 9.59 Å². The van der Waals surface area contributed by atoms with E-state index >= 15 is 0 Å². The Labute approximate surface area is 163 Å². The maximum Gasteiger partial charge on any atom is 0.263 e. The van der Waals surface area contributed by atoms with Crippen molar-refractivity contribution in [1.82, 2.24) is 4.98 Å². The van der Waals surface area contributed by atoms with Gasteiger partial charge < -0.3 is 15.4 Å². The molecule has 0 atom stereocenters. The van der Waals surface area contributed by atoms with E-state index in [0.29, 0.717) is 17.1 Å². The summed E-state index contributed by atoms with van der Waals surface area (Å²) in [7, 11) is 0. The Morgan fingerprint density at radius 1 is 0.929 bits per heavy atom. The van der Waals surface area contributed by atoms with Crippen LogP contribution in [-0.4, -0.2) is 23.3 Å². The minimum atomic E-state index is -0.284. The number of ether oxygens (including phenoxy) is 1. The van der Waals surface area contributed by atoms with Crippen LogP contribution in [0.25, 0.3) is 0 Å². The van der Waals surface area contributed by atoms with Gasteiger partial charge in [-0.2, -0.15) is 0 Å². The number of rotatable bonds is 7. The predicted molar refractivity (Wildman–Crippen MR) is 109 cm³/mol. The minimum Gasteiger partial charge on any atom is -0.484 e. The molecule has 6 nitrogen and oxygen atoms in total. The quantitative estimate of drug-likeness (QED) is 0.600. The third kappa shape index (κ3) is 5.41. The molecule has 0 saturated carbocycles. The number of ketones is 1. The zero-order valence-electron chi connectivity index (χ0n) is 15.7. The number of nitrogens with zero attached hydrogens (tertiary/aromatic N) is 1. The van der Waals surface area contributed by atoms with Crippen molar-refractivity contribution in [2.45, 2.75) is 13.8 Å². The first-order valence-electron chi connectivity index (χ1n) is 8.83. The molecular weight excluding hydrogens is 354 g/mol. The first-order valence-corrected chi connectivity index (χ1v) is 8.83. The van der Waals surface area contributed by atoms with E-state index in [1.54, 1.807) is 24.4 Å². The van der Waals surface area contributed by atoms with Crippen molar-refractivity contribution in [1.29, 1.82) is 0 Å². The smallest absolute Gasteiger partial charge is 0.263 e. The molecule has 2 N–H and O–H groups in total. The second-order valence-corrected chi connectivity index (χ2v) is 6.34. The van der Waals surface area contributed by atoms with Crippen molar-refractivity contribution in [2.75, 3.05) is 17.2 Å². The average molecular weight is 375 g/mol. The number of carbonyl (C=O) groups is 2. The van der Waals surface area contributed by atoms with Gasteiger partial charge >= 0.3 is 0 Å². The SMILES string of the molecule is CC(=O)c1ccc(Nc2ccc(NC(=O)COc3ccc(C)cc3)nc2)cc1. The molecule has 0 unspecified atom stereocenters. The van der Waals surface area contributed by atoms with Crippen molar-refractivity contribution in [3.05, 3.63) is 78.0 Å². The first kappa shape index (κ1) is 19.1. The van der Waals surface area contributed by atoms with Gasteiger partial charge in [0, 0.05) is 11.3 Å². The maximum atomic E-state index is 12.0. The lowest BCUT2D eigenvalue weighted by Gasteiger charge is -2.09. The van der Waals surface area contributed by atoms with Crippen LogP contribution in [0.1, 0.15) is 22.8 Å². The van der Waals surface area contributed by atoms with Gasteiger partial charge in [-0.1, -0.05) is 17.7 Å². The summed E-state index contributed by atoms with van der Waals surface area (Å²) in [5.74, 6) is 0.826. The fourth-order valence-electron chi connectivity index (χ4n) is 2.46. The van der Waals surface area contributed by atoms with Crippen LogP contribution in [0.5, 0.6) is 5.75 Å². The summed E-state index contributed by atoms with van der Waals surface area (Å²) in [4.78, 5) is 27.5. The third-order valence-corrected chi connectivity index (χ3v) is 4.00.